The molecule has 3 aromatic carbocycles. The van der Waals surface area contributed by atoms with Gasteiger partial charge in [0.2, 0.25) is 11.9 Å². The van der Waals surface area contributed by atoms with Crippen LogP contribution < -0.4 is 10.1 Å². The minimum Gasteiger partial charge on any atom is -0.494 e. The summed E-state index contributed by atoms with van der Waals surface area (Å²) in [5.41, 5.74) is 2.52. The van der Waals surface area contributed by atoms with Gasteiger partial charge in [0, 0.05) is 22.8 Å². The summed E-state index contributed by atoms with van der Waals surface area (Å²) >= 11 is 12.3. The lowest BCUT2D eigenvalue weighted by atomic mass is 10.2. The number of halogens is 2. The van der Waals surface area contributed by atoms with E-state index in [1.165, 1.54) is 23.3 Å². The van der Waals surface area contributed by atoms with E-state index in [1.807, 2.05) is 67.7 Å². The van der Waals surface area contributed by atoms with Gasteiger partial charge >= 0.3 is 0 Å². The van der Waals surface area contributed by atoms with Crippen molar-refractivity contribution in [1.82, 2.24) is 14.5 Å². The molecule has 0 fully saturated rings. The van der Waals surface area contributed by atoms with Gasteiger partial charge in [0.25, 0.3) is 5.91 Å². The fourth-order valence-electron chi connectivity index (χ4n) is 4.26. The van der Waals surface area contributed by atoms with Crippen LogP contribution in [0.2, 0.25) is 10.0 Å². The van der Waals surface area contributed by atoms with E-state index < -0.39 is 11.8 Å². The van der Waals surface area contributed by atoms with Gasteiger partial charge in [0.1, 0.15) is 18.1 Å². The Hall–Kier alpha value is -4.53. The molecule has 0 aliphatic carbocycles. The van der Waals surface area contributed by atoms with Crippen molar-refractivity contribution >= 4 is 41.0 Å². The van der Waals surface area contributed by atoms with Gasteiger partial charge in [-0.2, -0.15) is 0 Å². The van der Waals surface area contributed by atoms with Gasteiger partial charge in [-0.25, -0.2) is 4.98 Å². The highest BCUT2D eigenvalue weighted by molar-refractivity contribution is 6.36. The van der Waals surface area contributed by atoms with Crippen molar-refractivity contribution in [3.63, 3.8) is 0 Å². The van der Waals surface area contributed by atoms with Crippen LogP contribution in [0.25, 0.3) is 16.9 Å². The third-order valence-electron chi connectivity index (χ3n) is 6.14. The predicted molar refractivity (Wildman–Crippen MR) is 159 cm³/mol. The van der Waals surface area contributed by atoms with Crippen LogP contribution in [-0.2, 0) is 11.3 Å². The van der Waals surface area contributed by atoms with Crippen molar-refractivity contribution in [2.24, 2.45) is 0 Å². The molecule has 0 spiro atoms. The summed E-state index contributed by atoms with van der Waals surface area (Å²) in [7, 11) is 0. The highest BCUT2D eigenvalue weighted by atomic mass is 35.5. The molecule has 208 valence electrons. The normalized spacial score (nSPS) is 10.8. The standard InChI is InChI=1S/C31H26Cl2N4O4/c1-2-40-24-11-6-10-23(17-24)37-19-28(21-8-4-3-5-9-21)34-31(37)35-29(38)20-36(18-25-12-7-15-41-25)30(39)26-14-13-22(32)16-27(26)33/h3-17,19H,2,18,20H2,1H3,(H,34,35,38). The molecule has 41 heavy (non-hydrogen) atoms. The van der Waals surface area contributed by atoms with E-state index in [0.717, 1.165) is 11.3 Å². The quantitative estimate of drug-likeness (QED) is 0.187. The smallest absolute Gasteiger partial charge is 0.256 e. The fraction of sp³-hybridized carbons (Fsp3) is 0.129. The predicted octanol–water partition coefficient (Wildman–Crippen LogP) is 7.12. The first-order chi connectivity index (χ1) is 19.9. The monoisotopic (exact) mass is 588 g/mol. The van der Waals surface area contributed by atoms with E-state index in [0.29, 0.717) is 28.8 Å². The first-order valence-electron chi connectivity index (χ1n) is 12.9. The van der Waals surface area contributed by atoms with E-state index in [2.05, 4.69) is 5.32 Å². The number of aromatic nitrogens is 2. The number of hydrogen-bond donors (Lipinski definition) is 1. The number of benzene rings is 3. The van der Waals surface area contributed by atoms with E-state index in [-0.39, 0.29) is 29.6 Å². The lowest BCUT2D eigenvalue weighted by Crippen LogP contribution is -2.38. The maximum Gasteiger partial charge on any atom is 0.256 e. The van der Waals surface area contributed by atoms with Crippen molar-refractivity contribution in [2.45, 2.75) is 13.5 Å². The summed E-state index contributed by atoms with van der Waals surface area (Å²) in [5, 5.41) is 3.47. The topological polar surface area (TPSA) is 89.6 Å². The van der Waals surface area contributed by atoms with Gasteiger partial charge in [-0.3, -0.25) is 19.5 Å². The van der Waals surface area contributed by atoms with Crippen LogP contribution in [0.4, 0.5) is 5.95 Å². The Labute approximate surface area is 247 Å². The Morgan fingerprint density at radius 1 is 1.00 bits per heavy atom. The van der Waals surface area contributed by atoms with Crippen molar-refractivity contribution in [3.8, 4) is 22.7 Å². The second kappa shape index (κ2) is 12.8. The first-order valence-corrected chi connectivity index (χ1v) is 13.6. The van der Waals surface area contributed by atoms with Crippen LogP contribution in [0.15, 0.2) is 102 Å². The Bertz CT molecular complexity index is 1650. The lowest BCUT2D eigenvalue weighted by Gasteiger charge is -2.22. The van der Waals surface area contributed by atoms with Crippen LogP contribution >= 0.6 is 23.2 Å². The summed E-state index contributed by atoms with van der Waals surface area (Å²) in [6.45, 7) is 2.20. The maximum atomic E-state index is 13.5. The van der Waals surface area contributed by atoms with E-state index in [4.69, 9.17) is 37.3 Å². The number of amides is 2. The lowest BCUT2D eigenvalue weighted by molar-refractivity contribution is -0.117. The van der Waals surface area contributed by atoms with Crippen molar-refractivity contribution in [2.75, 3.05) is 18.5 Å². The van der Waals surface area contributed by atoms with Crippen LogP contribution in [-0.4, -0.2) is 39.4 Å². The Morgan fingerprint density at radius 3 is 2.56 bits per heavy atom. The summed E-state index contributed by atoms with van der Waals surface area (Å²) in [5.74, 6) is 0.583. The van der Waals surface area contributed by atoms with Gasteiger partial charge < -0.3 is 14.1 Å². The number of furan rings is 1. The Morgan fingerprint density at radius 2 is 1.83 bits per heavy atom. The zero-order valence-corrected chi connectivity index (χ0v) is 23.6. The second-order valence-corrected chi connectivity index (χ2v) is 9.87. The molecule has 2 aromatic heterocycles. The van der Waals surface area contributed by atoms with Crippen LogP contribution in [0, 0.1) is 0 Å². The largest absolute Gasteiger partial charge is 0.494 e. The molecule has 2 amide bonds. The molecule has 0 saturated carbocycles. The summed E-state index contributed by atoms with van der Waals surface area (Å²) in [6, 6.07) is 25.2. The number of hydrogen-bond acceptors (Lipinski definition) is 5. The molecule has 8 nitrogen and oxygen atoms in total. The number of rotatable bonds is 10. The zero-order valence-electron chi connectivity index (χ0n) is 22.1. The molecule has 0 aliphatic rings. The zero-order chi connectivity index (χ0) is 28.8. The maximum absolute atomic E-state index is 13.5. The molecule has 0 atom stereocenters. The van der Waals surface area contributed by atoms with E-state index in [9.17, 15) is 9.59 Å². The molecule has 0 saturated heterocycles. The van der Waals surface area contributed by atoms with Gasteiger partial charge in [0.15, 0.2) is 0 Å². The average Bonchev–Trinajstić information content (AvgIpc) is 3.63. The highest BCUT2D eigenvalue weighted by Gasteiger charge is 2.24. The molecule has 0 radical (unpaired) electrons. The van der Waals surface area contributed by atoms with Gasteiger partial charge in [-0.05, 0) is 49.4 Å². The van der Waals surface area contributed by atoms with Crippen LogP contribution in [0.3, 0.4) is 0 Å². The summed E-state index contributed by atoms with van der Waals surface area (Å²) < 4.78 is 12.9. The number of imidazole rings is 1. The number of carbonyl (C=O) groups excluding carboxylic acids is 2. The third kappa shape index (κ3) is 6.80. The minimum absolute atomic E-state index is 0.0539. The van der Waals surface area contributed by atoms with Crippen molar-refractivity contribution in [3.05, 3.63) is 119 Å². The number of nitrogens with one attached hydrogen (secondary N) is 1. The van der Waals surface area contributed by atoms with Crippen LogP contribution in [0.1, 0.15) is 23.0 Å². The third-order valence-corrected chi connectivity index (χ3v) is 6.69. The van der Waals surface area contributed by atoms with E-state index in [1.54, 1.807) is 22.8 Å². The van der Waals surface area contributed by atoms with Crippen molar-refractivity contribution in [1.29, 1.82) is 0 Å². The molecule has 0 bridgehead atoms. The summed E-state index contributed by atoms with van der Waals surface area (Å²) in [4.78, 5) is 33.0. The molecule has 1 N–H and O–H groups in total. The van der Waals surface area contributed by atoms with E-state index >= 15 is 0 Å². The SMILES string of the molecule is CCOc1cccc(-n2cc(-c3ccccc3)nc2NC(=O)CN(Cc2ccco2)C(=O)c2ccc(Cl)cc2Cl)c1. The molecule has 2 heterocycles. The minimum atomic E-state index is -0.456. The average molecular weight is 589 g/mol. The molecule has 5 rings (SSSR count). The van der Waals surface area contributed by atoms with Gasteiger partial charge in [-0.15, -0.1) is 0 Å². The van der Waals surface area contributed by atoms with Crippen LogP contribution in [0.5, 0.6) is 5.75 Å². The molecule has 0 unspecified atom stereocenters. The second-order valence-electron chi connectivity index (χ2n) is 9.03. The Balaban J connectivity index is 1.45. The van der Waals surface area contributed by atoms with Gasteiger partial charge in [0.05, 0.1) is 41.4 Å². The Kier molecular flexibility index (Phi) is 8.72. The fourth-order valence-corrected chi connectivity index (χ4v) is 4.75. The number of anilines is 1. The number of nitrogens with zero attached hydrogens (tertiary/aromatic N) is 3. The summed E-state index contributed by atoms with van der Waals surface area (Å²) in [6.07, 6.45) is 3.35. The molecular weight excluding hydrogens is 563 g/mol. The molecular formula is C31H26Cl2N4O4. The van der Waals surface area contributed by atoms with Gasteiger partial charge in [-0.1, -0.05) is 59.6 Å². The highest BCUT2D eigenvalue weighted by Crippen LogP contribution is 2.27. The molecule has 10 heteroatoms. The molecule has 0 aliphatic heterocycles. The first kappa shape index (κ1) is 28.0. The number of carbonyl (C=O) groups is 2. The number of ether oxygens (including phenoxy) is 1. The van der Waals surface area contributed by atoms with Crippen molar-refractivity contribution < 1.29 is 18.7 Å². The molecule has 5 aromatic rings.